The van der Waals surface area contributed by atoms with Crippen LogP contribution in [0.4, 0.5) is 4.79 Å². The first-order valence-corrected chi connectivity index (χ1v) is 4.15. The van der Waals surface area contributed by atoms with Crippen molar-refractivity contribution in [3.63, 3.8) is 0 Å². The number of ether oxygens (including phenoxy) is 1. The molecule has 0 aromatic rings. The smallest absolute Gasteiger partial charge is 0.450 e. The maximum atomic E-state index is 10.2. The summed E-state index contributed by atoms with van der Waals surface area (Å²) in [7, 11) is 0. The topological polar surface area (TPSA) is 46.5 Å². The Balaban J connectivity index is 1.92. The van der Waals surface area contributed by atoms with Gasteiger partial charge < -0.3 is 9.84 Å². The van der Waals surface area contributed by atoms with E-state index < -0.39 is 6.16 Å². The average molecular weight is 156 g/mol. The summed E-state index contributed by atoms with van der Waals surface area (Å²) in [5.74, 6) is 1.29. The fourth-order valence-corrected chi connectivity index (χ4v) is 2.46. The Bertz CT molecular complexity index is 178. The van der Waals surface area contributed by atoms with E-state index in [0.29, 0.717) is 5.92 Å². The molecule has 1 N–H and O–H groups in total. The first-order valence-electron chi connectivity index (χ1n) is 4.15. The molecule has 0 heterocycles. The fraction of sp³-hybridized carbons (Fsp3) is 0.875. The van der Waals surface area contributed by atoms with Crippen molar-refractivity contribution in [3.8, 4) is 0 Å². The van der Waals surface area contributed by atoms with Gasteiger partial charge in [-0.25, -0.2) is 4.79 Å². The van der Waals surface area contributed by atoms with Gasteiger partial charge in [0.25, 0.3) is 0 Å². The zero-order chi connectivity index (χ0) is 7.84. The maximum absolute atomic E-state index is 10.2. The monoisotopic (exact) mass is 156 g/mol. The lowest BCUT2D eigenvalue weighted by Gasteiger charge is -2.19. The molecule has 2 saturated carbocycles. The highest BCUT2D eigenvalue weighted by Gasteiger charge is 2.41. The third kappa shape index (κ3) is 1.19. The molecule has 0 saturated heterocycles. The van der Waals surface area contributed by atoms with Crippen molar-refractivity contribution in [1.82, 2.24) is 0 Å². The second-order valence-electron chi connectivity index (χ2n) is 3.60. The van der Waals surface area contributed by atoms with Gasteiger partial charge in [0.15, 0.2) is 0 Å². The Morgan fingerprint density at radius 1 is 1.36 bits per heavy atom. The van der Waals surface area contributed by atoms with Gasteiger partial charge in [0.05, 0.1) is 0 Å². The largest absolute Gasteiger partial charge is 0.506 e. The first kappa shape index (κ1) is 6.95. The van der Waals surface area contributed by atoms with Gasteiger partial charge in [0.2, 0.25) is 0 Å². The van der Waals surface area contributed by atoms with Crippen molar-refractivity contribution in [2.45, 2.75) is 31.8 Å². The van der Waals surface area contributed by atoms with Crippen LogP contribution < -0.4 is 0 Å². The Labute approximate surface area is 65.4 Å². The van der Waals surface area contributed by atoms with Gasteiger partial charge in [-0.05, 0) is 37.5 Å². The number of carbonyl (C=O) groups is 1. The molecule has 0 spiro atoms. The highest BCUT2D eigenvalue weighted by molar-refractivity contribution is 5.57. The Morgan fingerprint density at radius 2 is 2.18 bits per heavy atom. The SMILES string of the molecule is O=C(O)O[C@H]1C[C@@H]2CC[C@H]1C2. The van der Waals surface area contributed by atoms with E-state index in [1.54, 1.807) is 0 Å². The summed E-state index contributed by atoms with van der Waals surface area (Å²) in [6.45, 7) is 0. The second kappa shape index (κ2) is 2.40. The average Bonchev–Trinajstić information content (AvgIpc) is 2.45. The van der Waals surface area contributed by atoms with E-state index in [1.807, 2.05) is 0 Å². The minimum absolute atomic E-state index is 0.0197. The van der Waals surface area contributed by atoms with Crippen LogP contribution in [0.25, 0.3) is 0 Å². The molecule has 0 radical (unpaired) electrons. The fourth-order valence-electron chi connectivity index (χ4n) is 2.46. The molecule has 0 aromatic heterocycles. The van der Waals surface area contributed by atoms with Gasteiger partial charge in [0.1, 0.15) is 6.10 Å². The molecular formula is C8H12O3. The van der Waals surface area contributed by atoms with Crippen LogP contribution in [-0.4, -0.2) is 17.4 Å². The molecule has 3 nitrogen and oxygen atoms in total. The zero-order valence-corrected chi connectivity index (χ0v) is 6.32. The molecule has 62 valence electrons. The lowest BCUT2D eigenvalue weighted by molar-refractivity contribution is 0.0276. The molecule has 2 fully saturated rings. The third-order valence-corrected chi connectivity index (χ3v) is 2.93. The van der Waals surface area contributed by atoms with E-state index in [1.165, 1.54) is 19.3 Å². The highest BCUT2D eigenvalue weighted by atomic mass is 16.7. The molecule has 2 rings (SSSR count). The van der Waals surface area contributed by atoms with Crippen molar-refractivity contribution in [3.05, 3.63) is 0 Å². The molecule has 2 bridgehead atoms. The van der Waals surface area contributed by atoms with E-state index in [4.69, 9.17) is 9.84 Å². The lowest BCUT2D eigenvalue weighted by atomic mass is 9.98. The van der Waals surface area contributed by atoms with Crippen LogP contribution in [0.5, 0.6) is 0 Å². The quantitative estimate of drug-likeness (QED) is 0.589. The van der Waals surface area contributed by atoms with Crippen LogP contribution in [-0.2, 0) is 4.74 Å². The minimum atomic E-state index is -1.11. The Hall–Kier alpha value is -0.730. The third-order valence-electron chi connectivity index (χ3n) is 2.93. The van der Waals surface area contributed by atoms with Crippen molar-refractivity contribution in [1.29, 1.82) is 0 Å². The number of rotatable bonds is 1. The molecule has 3 heteroatoms. The Morgan fingerprint density at radius 3 is 2.64 bits per heavy atom. The number of carboxylic acid groups (broad SMARTS) is 1. The summed E-state index contributed by atoms with van der Waals surface area (Å²) in [6.07, 6.45) is 3.52. The van der Waals surface area contributed by atoms with Crippen LogP contribution >= 0.6 is 0 Å². The van der Waals surface area contributed by atoms with Crippen molar-refractivity contribution >= 4 is 6.16 Å². The molecule has 3 atom stereocenters. The molecule has 11 heavy (non-hydrogen) atoms. The summed E-state index contributed by atoms with van der Waals surface area (Å²) >= 11 is 0. The van der Waals surface area contributed by atoms with Crippen molar-refractivity contribution < 1.29 is 14.6 Å². The summed E-state index contributed by atoms with van der Waals surface area (Å²) in [6, 6.07) is 0. The molecule has 0 unspecified atom stereocenters. The molecule has 0 aliphatic heterocycles. The molecular weight excluding hydrogens is 144 g/mol. The standard InChI is InChI=1S/C8H12O3/c9-8(10)11-7-4-5-1-2-6(7)3-5/h5-7H,1-4H2,(H,9,10)/t5-,6+,7+/m1/s1. The van der Waals surface area contributed by atoms with Crippen LogP contribution in [0.15, 0.2) is 0 Å². The van der Waals surface area contributed by atoms with Crippen molar-refractivity contribution in [2.24, 2.45) is 11.8 Å². The molecule has 2 aliphatic rings. The maximum Gasteiger partial charge on any atom is 0.506 e. The zero-order valence-electron chi connectivity index (χ0n) is 6.32. The van der Waals surface area contributed by atoms with Crippen LogP contribution in [0.1, 0.15) is 25.7 Å². The minimum Gasteiger partial charge on any atom is -0.450 e. The van der Waals surface area contributed by atoms with E-state index >= 15 is 0 Å². The van der Waals surface area contributed by atoms with Gasteiger partial charge in [-0.15, -0.1) is 0 Å². The summed E-state index contributed by atoms with van der Waals surface area (Å²) in [4.78, 5) is 10.2. The summed E-state index contributed by atoms with van der Waals surface area (Å²) in [5, 5.41) is 8.38. The normalized spacial score (nSPS) is 40.9. The summed E-state index contributed by atoms with van der Waals surface area (Å²) in [5.41, 5.74) is 0. The molecule has 2 aliphatic carbocycles. The van der Waals surface area contributed by atoms with Gasteiger partial charge >= 0.3 is 6.16 Å². The highest BCUT2D eigenvalue weighted by Crippen LogP contribution is 2.45. The number of fused-ring (bicyclic) bond motifs is 2. The predicted molar refractivity (Wildman–Crippen MR) is 38.3 cm³/mol. The number of hydrogen-bond acceptors (Lipinski definition) is 2. The van der Waals surface area contributed by atoms with Crippen molar-refractivity contribution in [2.75, 3.05) is 0 Å². The first-order chi connectivity index (χ1) is 5.25. The molecule has 0 aromatic carbocycles. The van der Waals surface area contributed by atoms with Gasteiger partial charge in [-0.3, -0.25) is 0 Å². The van der Waals surface area contributed by atoms with Gasteiger partial charge in [-0.2, -0.15) is 0 Å². The van der Waals surface area contributed by atoms with Crippen LogP contribution in [0, 0.1) is 11.8 Å². The van der Waals surface area contributed by atoms with Gasteiger partial charge in [-0.1, -0.05) is 0 Å². The molecule has 0 amide bonds. The summed E-state index contributed by atoms with van der Waals surface area (Å²) < 4.78 is 4.76. The second-order valence-corrected chi connectivity index (χ2v) is 3.60. The number of hydrogen-bond donors (Lipinski definition) is 1. The van der Waals surface area contributed by atoms with Crippen LogP contribution in [0.3, 0.4) is 0 Å². The Kier molecular flexibility index (Phi) is 1.51. The predicted octanol–water partition coefficient (Wildman–Crippen LogP) is 1.87. The van der Waals surface area contributed by atoms with E-state index in [0.717, 1.165) is 12.3 Å². The van der Waals surface area contributed by atoms with E-state index in [2.05, 4.69) is 0 Å². The lowest BCUT2D eigenvalue weighted by Crippen LogP contribution is -2.22. The van der Waals surface area contributed by atoms with Gasteiger partial charge in [0, 0.05) is 0 Å². The van der Waals surface area contributed by atoms with Crippen LogP contribution in [0.2, 0.25) is 0 Å². The van der Waals surface area contributed by atoms with E-state index in [-0.39, 0.29) is 6.10 Å². The van der Waals surface area contributed by atoms with E-state index in [9.17, 15) is 4.79 Å².